The molecule has 0 heterocycles. The van der Waals surface area contributed by atoms with Gasteiger partial charge in [-0.25, -0.2) is 8.42 Å². The fourth-order valence-corrected chi connectivity index (χ4v) is 3.18. The second kappa shape index (κ2) is 6.66. The van der Waals surface area contributed by atoms with Crippen LogP contribution in [0.1, 0.15) is 6.92 Å². The van der Waals surface area contributed by atoms with Gasteiger partial charge >= 0.3 is 0 Å². The maximum absolute atomic E-state index is 12.3. The zero-order valence-electron chi connectivity index (χ0n) is 12.1. The summed E-state index contributed by atoms with van der Waals surface area (Å²) >= 11 is 2.15. The zero-order chi connectivity index (χ0) is 16.3. The lowest BCUT2D eigenvalue weighted by atomic mass is 10.3. The fourth-order valence-electron chi connectivity index (χ4n) is 1.76. The molecule has 0 bridgehead atoms. The lowest BCUT2D eigenvalue weighted by Gasteiger charge is -2.15. The molecule has 22 heavy (non-hydrogen) atoms. The number of rotatable bonds is 4. The molecule has 0 aliphatic heterocycles. The van der Waals surface area contributed by atoms with Gasteiger partial charge in [-0.15, -0.1) is 0 Å². The Bertz CT molecular complexity index is 771. The molecule has 5 nitrogen and oxygen atoms in total. The van der Waals surface area contributed by atoms with E-state index < -0.39 is 10.0 Å². The molecule has 1 N–H and O–H groups in total. The third-order valence-electron chi connectivity index (χ3n) is 3.10. The summed E-state index contributed by atoms with van der Waals surface area (Å²) in [5.74, 6) is -0.118. The van der Waals surface area contributed by atoms with Crippen molar-refractivity contribution < 1.29 is 13.2 Å². The predicted molar refractivity (Wildman–Crippen MR) is 95.5 cm³/mol. The van der Waals surface area contributed by atoms with Crippen molar-refractivity contribution in [3.63, 3.8) is 0 Å². The maximum atomic E-state index is 12.3. The Morgan fingerprint density at radius 1 is 1.05 bits per heavy atom. The summed E-state index contributed by atoms with van der Waals surface area (Å²) in [7, 11) is -2.01. The van der Waals surface area contributed by atoms with Gasteiger partial charge in [-0.2, -0.15) is 0 Å². The van der Waals surface area contributed by atoms with Crippen LogP contribution in [-0.2, 0) is 14.8 Å². The number of carbonyl (C=O) groups excluding carboxylic acids is 1. The highest BCUT2D eigenvalue weighted by atomic mass is 127. The third kappa shape index (κ3) is 3.98. The van der Waals surface area contributed by atoms with E-state index in [1.807, 2.05) is 12.1 Å². The third-order valence-corrected chi connectivity index (χ3v) is 5.22. The first-order chi connectivity index (χ1) is 10.3. The number of anilines is 2. The average molecular weight is 430 g/mol. The van der Waals surface area contributed by atoms with Crippen LogP contribution in [-0.4, -0.2) is 21.4 Å². The van der Waals surface area contributed by atoms with Crippen LogP contribution in [0.5, 0.6) is 0 Å². The van der Waals surface area contributed by atoms with Gasteiger partial charge in [0.05, 0.1) is 4.90 Å². The Balaban J connectivity index is 2.22. The Labute approximate surface area is 143 Å². The van der Waals surface area contributed by atoms with Crippen LogP contribution in [0, 0.1) is 3.57 Å². The van der Waals surface area contributed by atoms with Gasteiger partial charge in [-0.05, 0) is 71.1 Å². The minimum absolute atomic E-state index is 0.118. The van der Waals surface area contributed by atoms with Crippen LogP contribution in [0.25, 0.3) is 0 Å². The summed E-state index contributed by atoms with van der Waals surface area (Å²) in [6, 6.07) is 13.2. The highest BCUT2D eigenvalue weighted by molar-refractivity contribution is 14.1. The Hall–Kier alpha value is -1.61. The van der Waals surface area contributed by atoms with Crippen LogP contribution < -0.4 is 9.62 Å². The molecule has 116 valence electrons. The van der Waals surface area contributed by atoms with Crippen molar-refractivity contribution in [1.82, 2.24) is 0 Å². The normalized spacial score (nSPS) is 11.0. The smallest absolute Gasteiger partial charge is 0.261 e. The minimum atomic E-state index is -3.64. The molecule has 7 heteroatoms. The van der Waals surface area contributed by atoms with E-state index in [1.54, 1.807) is 31.3 Å². The van der Waals surface area contributed by atoms with Crippen molar-refractivity contribution in [2.75, 3.05) is 16.7 Å². The van der Waals surface area contributed by atoms with Crippen LogP contribution in [0.2, 0.25) is 0 Å². The van der Waals surface area contributed by atoms with E-state index in [4.69, 9.17) is 0 Å². The van der Waals surface area contributed by atoms with Crippen molar-refractivity contribution in [2.24, 2.45) is 0 Å². The maximum Gasteiger partial charge on any atom is 0.261 e. The number of nitrogens with zero attached hydrogens (tertiary/aromatic N) is 1. The molecule has 0 spiro atoms. The van der Waals surface area contributed by atoms with Gasteiger partial charge in [-0.1, -0.05) is 0 Å². The van der Waals surface area contributed by atoms with E-state index in [9.17, 15) is 13.2 Å². The molecule has 0 radical (unpaired) electrons. The minimum Gasteiger partial charge on any atom is -0.316 e. The van der Waals surface area contributed by atoms with Crippen LogP contribution in [0.4, 0.5) is 11.4 Å². The molecule has 0 aromatic heterocycles. The summed E-state index contributed by atoms with van der Waals surface area (Å²) < 4.78 is 28.2. The number of nitrogens with one attached hydrogen (secondary N) is 1. The van der Waals surface area contributed by atoms with Gasteiger partial charge in [-0.3, -0.25) is 9.52 Å². The Morgan fingerprint density at radius 3 is 2.09 bits per heavy atom. The first-order valence-corrected chi connectivity index (χ1v) is 8.98. The SMILES string of the molecule is CC(=O)N(C)c1ccc(S(=O)(=O)Nc2ccc(I)cc2)cc1. The molecule has 2 aromatic rings. The second-order valence-corrected chi connectivity index (χ2v) is 7.61. The molecule has 0 saturated heterocycles. The number of halogens is 1. The second-order valence-electron chi connectivity index (χ2n) is 4.68. The van der Waals surface area contributed by atoms with E-state index in [1.165, 1.54) is 24.0 Å². The number of hydrogen-bond acceptors (Lipinski definition) is 3. The van der Waals surface area contributed by atoms with Crippen LogP contribution in [0.15, 0.2) is 53.4 Å². The summed E-state index contributed by atoms with van der Waals surface area (Å²) in [6.07, 6.45) is 0. The first kappa shape index (κ1) is 16.8. The van der Waals surface area contributed by atoms with Crippen LogP contribution >= 0.6 is 22.6 Å². The van der Waals surface area contributed by atoms with Crippen molar-refractivity contribution in [3.8, 4) is 0 Å². The Morgan fingerprint density at radius 2 is 1.59 bits per heavy atom. The lowest BCUT2D eigenvalue weighted by molar-refractivity contribution is -0.116. The van der Waals surface area contributed by atoms with Gasteiger partial charge in [0.25, 0.3) is 10.0 Å². The molecule has 0 aliphatic rings. The summed E-state index contributed by atoms with van der Waals surface area (Å²) in [5, 5.41) is 0. The molecule has 0 unspecified atom stereocenters. The largest absolute Gasteiger partial charge is 0.316 e. The summed E-state index contributed by atoms with van der Waals surface area (Å²) in [4.78, 5) is 12.9. The fraction of sp³-hybridized carbons (Fsp3) is 0.133. The van der Waals surface area contributed by atoms with Crippen molar-refractivity contribution in [3.05, 3.63) is 52.1 Å². The topological polar surface area (TPSA) is 66.5 Å². The monoisotopic (exact) mass is 430 g/mol. The highest BCUT2D eigenvalue weighted by Crippen LogP contribution is 2.20. The molecular weight excluding hydrogens is 415 g/mol. The molecule has 0 aliphatic carbocycles. The van der Waals surface area contributed by atoms with Gasteiger partial charge in [0.15, 0.2) is 0 Å². The Kier molecular flexibility index (Phi) is 5.07. The van der Waals surface area contributed by atoms with Crippen molar-refractivity contribution >= 4 is 49.9 Å². The predicted octanol–water partition coefficient (Wildman–Crippen LogP) is 3.07. The standard InChI is InChI=1S/C15H15IN2O3S/c1-11(19)18(2)14-7-9-15(10-8-14)22(20,21)17-13-5-3-12(16)4-6-13/h3-10,17H,1-2H3. The molecule has 1 amide bonds. The van der Waals surface area contributed by atoms with E-state index in [0.29, 0.717) is 11.4 Å². The van der Waals surface area contributed by atoms with E-state index in [0.717, 1.165) is 3.57 Å². The number of sulfonamides is 1. The number of amides is 1. The first-order valence-electron chi connectivity index (χ1n) is 6.42. The van der Waals surface area contributed by atoms with Crippen molar-refractivity contribution in [2.45, 2.75) is 11.8 Å². The average Bonchev–Trinajstić information content (AvgIpc) is 2.48. The lowest BCUT2D eigenvalue weighted by Crippen LogP contribution is -2.22. The molecule has 2 rings (SSSR count). The number of benzene rings is 2. The zero-order valence-corrected chi connectivity index (χ0v) is 15.1. The van der Waals surface area contributed by atoms with E-state index >= 15 is 0 Å². The molecular formula is C15H15IN2O3S. The molecule has 0 saturated carbocycles. The molecule has 0 atom stereocenters. The number of hydrogen-bond donors (Lipinski definition) is 1. The summed E-state index contributed by atoms with van der Waals surface area (Å²) in [5.41, 5.74) is 1.14. The number of carbonyl (C=O) groups is 1. The highest BCUT2D eigenvalue weighted by Gasteiger charge is 2.15. The quantitative estimate of drug-likeness (QED) is 0.759. The van der Waals surface area contributed by atoms with Crippen LogP contribution in [0.3, 0.4) is 0 Å². The van der Waals surface area contributed by atoms with Crippen molar-refractivity contribution in [1.29, 1.82) is 0 Å². The van der Waals surface area contributed by atoms with E-state index in [-0.39, 0.29) is 10.8 Å². The van der Waals surface area contributed by atoms with E-state index in [2.05, 4.69) is 27.3 Å². The summed E-state index contributed by atoms with van der Waals surface area (Å²) in [6.45, 7) is 1.45. The van der Waals surface area contributed by atoms with Gasteiger partial charge in [0, 0.05) is 28.9 Å². The molecule has 2 aromatic carbocycles. The van der Waals surface area contributed by atoms with Gasteiger partial charge in [0.1, 0.15) is 0 Å². The van der Waals surface area contributed by atoms with Gasteiger partial charge < -0.3 is 4.90 Å². The van der Waals surface area contributed by atoms with Gasteiger partial charge in [0.2, 0.25) is 5.91 Å². The molecule has 0 fully saturated rings.